The zero-order valence-corrected chi connectivity index (χ0v) is 14.6. The highest BCUT2D eigenvalue weighted by atomic mass is 35.5. The zero-order valence-electron chi connectivity index (χ0n) is 13.8. The van der Waals surface area contributed by atoms with E-state index in [4.69, 9.17) is 4.74 Å². The highest BCUT2D eigenvalue weighted by molar-refractivity contribution is 5.97. The van der Waals surface area contributed by atoms with Gasteiger partial charge in [-0.25, -0.2) is 0 Å². The molecule has 3 rings (SSSR count). The van der Waals surface area contributed by atoms with Gasteiger partial charge in [0, 0.05) is 19.6 Å². The third-order valence-electron chi connectivity index (χ3n) is 4.26. The van der Waals surface area contributed by atoms with Crippen LogP contribution in [0.3, 0.4) is 0 Å². The van der Waals surface area contributed by atoms with Crippen LogP contribution in [0.25, 0.3) is 0 Å². The van der Waals surface area contributed by atoms with E-state index in [2.05, 4.69) is 5.32 Å². The number of halogens is 1. The van der Waals surface area contributed by atoms with E-state index in [0.29, 0.717) is 17.9 Å². The average Bonchev–Trinajstić information content (AvgIpc) is 3.14. The van der Waals surface area contributed by atoms with E-state index >= 15 is 0 Å². The number of benzene rings is 2. The van der Waals surface area contributed by atoms with E-state index in [0.717, 1.165) is 25.1 Å². The number of para-hydroxylation sites is 1. The maximum Gasteiger partial charge on any atom is 0.257 e. The average molecular weight is 347 g/mol. The van der Waals surface area contributed by atoms with Gasteiger partial charge in [-0.2, -0.15) is 0 Å². The van der Waals surface area contributed by atoms with Gasteiger partial charge in [-0.3, -0.25) is 4.79 Å². The molecule has 2 aromatic rings. The molecular weight excluding hydrogens is 324 g/mol. The van der Waals surface area contributed by atoms with Crippen molar-refractivity contribution < 1.29 is 9.53 Å². The number of carbonyl (C=O) groups is 1. The van der Waals surface area contributed by atoms with Gasteiger partial charge in [0.1, 0.15) is 12.4 Å². The van der Waals surface area contributed by atoms with Crippen molar-refractivity contribution >= 4 is 18.3 Å². The second-order valence-corrected chi connectivity index (χ2v) is 5.83. The third kappa shape index (κ3) is 4.28. The van der Waals surface area contributed by atoms with Crippen LogP contribution in [-0.2, 0) is 6.61 Å². The molecule has 0 radical (unpaired) electrons. The molecule has 1 N–H and O–H groups in total. The summed E-state index contributed by atoms with van der Waals surface area (Å²) in [6.07, 6.45) is 0.995. The molecule has 24 heavy (non-hydrogen) atoms. The first kappa shape index (κ1) is 18.3. The maximum atomic E-state index is 12.8. The van der Waals surface area contributed by atoms with Crippen LogP contribution in [-0.4, -0.2) is 37.0 Å². The van der Waals surface area contributed by atoms with Crippen molar-refractivity contribution in [3.05, 3.63) is 65.7 Å². The summed E-state index contributed by atoms with van der Waals surface area (Å²) in [6.45, 7) is 2.28. The Morgan fingerprint density at radius 1 is 1.17 bits per heavy atom. The maximum absolute atomic E-state index is 12.8. The minimum absolute atomic E-state index is 0. The fourth-order valence-electron chi connectivity index (χ4n) is 2.83. The van der Waals surface area contributed by atoms with Crippen molar-refractivity contribution in [1.82, 2.24) is 10.2 Å². The zero-order chi connectivity index (χ0) is 16.1. The molecule has 128 valence electrons. The van der Waals surface area contributed by atoms with Crippen LogP contribution < -0.4 is 10.1 Å². The molecule has 1 amide bonds. The van der Waals surface area contributed by atoms with Crippen LogP contribution in [0.1, 0.15) is 22.3 Å². The third-order valence-corrected chi connectivity index (χ3v) is 4.26. The number of hydrogen-bond donors (Lipinski definition) is 1. The van der Waals surface area contributed by atoms with Gasteiger partial charge in [-0.1, -0.05) is 42.5 Å². The van der Waals surface area contributed by atoms with Crippen LogP contribution in [0.5, 0.6) is 5.75 Å². The summed E-state index contributed by atoms with van der Waals surface area (Å²) in [5.74, 6) is 0.654. The van der Waals surface area contributed by atoms with E-state index in [1.165, 1.54) is 0 Å². The van der Waals surface area contributed by atoms with Crippen molar-refractivity contribution in [1.29, 1.82) is 0 Å². The largest absolute Gasteiger partial charge is 0.488 e. The monoisotopic (exact) mass is 346 g/mol. The smallest absolute Gasteiger partial charge is 0.257 e. The Kier molecular flexibility index (Phi) is 6.64. The molecule has 0 bridgehead atoms. The predicted molar refractivity (Wildman–Crippen MR) is 97.8 cm³/mol. The molecule has 5 heteroatoms. The van der Waals surface area contributed by atoms with Crippen molar-refractivity contribution in [2.45, 2.75) is 19.1 Å². The number of nitrogens with one attached hydrogen (secondary N) is 1. The fourth-order valence-corrected chi connectivity index (χ4v) is 2.83. The Bertz CT molecular complexity index is 657. The second kappa shape index (κ2) is 8.71. The number of ether oxygens (including phenoxy) is 1. The highest BCUT2D eigenvalue weighted by Crippen LogP contribution is 2.22. The number of nitrogens with zero attached hydrogens (tertiary/aromatic N) is 1. The standard InChI is InChI=1S/C19H22N2O2.ClH/c1-21(16-11-12-20-13-16)19(22)17-9-5-6-10-18(17)23-14-15-7-3-2-4-8-15;/h2-10,16,20H,11-14H2,1H3;1H. The normalized spacial score (nSPS) is 16.3. The molecule has 1 aliphatic heterocycles. The number of amides is 1. The molecule has 1 saturated heterocycles. The molecule has 0 aromatic heterocycles. The summed E-state index contributed by atoms with van der Waals surface area (Å²) in [5.41, 5.74) is 1.71. The van der Waals surface area contributed by atoms with Crippen LogP contribution in [0.4, 0.5) is 0 Å². The number of likely N-dealkylation sites (N-methyl/N-ethyl adjacent to an activating group) is 1. The SMILES string of the molecule is CN(C(=O)c1ccccc1OCc1ccccc1)C1CCNC1.Cl. The second-order valence-electron chi connectivity index (χ2n) is 5.83. The molecular formula is C19H23ClN2O2. The Morgan fingerprint density at radius 3 is 2.58 bits per heavy atom. The molecule has 2 aromatic carbocycles. The Labute approximate surface area is 149 Å². The molecule has 1 heterocycles. The Balaban J connectivity index is 0.00000208. The van der Waals surface area contributed by atoms with E-state index < -0.39 is 0 Å². The van der Waals surface area contributed by atoms with Crippen molar-refractivity contribution in [2.24, 2.45) is 0 Å². The van der Waals surface area contributed by atoms with Crippen LogP contribution in [0, 0.1) is 0 Å². The lowest BCUT2D eigenvalue weighted by Crippen LogP contribution is -2.38. The summed E-state index contributed by atoms with van der Waals surface area (Å²) in [6, 6.07) is 17.7. The minimum Gasteiger partial charge on any atom is -0.488 e. The van der Waals surface area contributed by atoms with Crippen LogP contribution in [0.2, 0.25) is 0 Å². The van der Waals surface area contributed by atoms with Gasteiger partial charge in [-0.15, -0.1) is 12.4 Å². The van der Waals surface area contributed by atoms with E-state index in [9.17, 15) is 4.79 Å². The fraction of sp³-hybridized carbons (Fsp3) is 0.316. The number of rotatable bonds is 5. The number of carbonyl (C=O) groups excluding carboxylic acids is 1. The summed E-state index contributed by atoms with van der Waals surface area (Å²) in [7, 11) is 1.87. The van der Waals surface area contributed by atoms with Gasteiger partial charge in [-0.05, 0) is 30.7 Å². The van der Waals surface area contributed by atoms with E-state index in [1.54, 1.807) is 0 Å². The van der Waals surface area contributed by atoms with Crippen molar-refractivity contribution in [3.8, 4) is 5.75 Å². The molecule has 0 saturated carbocycles. The van der Waals surface area contributed by atoms with Gasteiger partial charge in [0.05, 0.1) is 5.56 Å². The van der Waals surface area contributed by atoms with Gasteiger partial charge >= 0.3 is 0 Å². The quantitative estimate of drug-likeness (QED) is 0.904. The lowest BCUT2D eigenvalue weighted by Gasteiger charge is -2.24. The van der Waals surface area contributed by atoms with Crippen LogP contribution >= 0.6 is 12.4 Å². The summed E-state index contributed by atoms with van der Waals surface area (Å²) in [5, 5.41) is 3.30. The topological polar surface area (TPSA) is 41.6 Å². The molecule has 1 fully saturated rings. The Morgan fingerprint density at radius 2 is 1.88 bits per heavy atom. The van der Waals surface area contributed by atoms with Gasteiger partial charge < -0.3 is 15.0 Å². The van der Waals surface area contributed by atoms with Crippen LogP contribution in [0.15, 0.2) is 54.6 Å². The first-order valence-corrected chi connectivity index (χ1v) is 7.99. The van der Waals surface area contributed by atoms with Crippen molar-refractivity contribution in [3.63, 3.8) is 0 Å². The summed E-state index contributed by atoms with van der Waals surface area (Å²) < 4.78 is 5.89. The molecule has 1 unspecified atom stereocenters. The highest BCUT2D eigenvalue weighted by Gasteiger charge is 2.25. The van der Waals surface area contributed by atoms with Gasteiger partial charge in [0.2, 0.25) is 0 Å². The molecule has 0 spiro atoms. The lowest BCUT2D eigenvalue weighted by molar-refractivity contribution is 0.0739. The van der Waals surface area contributed by atoms with Gasteiger partial charge in [0.25, 0.3) is 5.91 Å². The Hall–Kier alpha value is -2.04. The van der Waals surface area contributed by atoms with E-state index in [-0.39, 0.29) is 24.4 Å². The van der Waals surface area contributed by atoms with E-state index in [1.807, 2.05) is 66.5 Å². The first-order valence-electron chi connectivity index (χ1n) is 7.99. The minimum atomic E-state index is 0. The molecule has 4 nitrogen and oxygen atoms in total. The lowest BCUT2D eigenvalue weighted by atomic mass is 10.1. The first-order chi connectivity index (χ1) is 11.3. The molecule has 0 aliphatic carbocycles. The summed E-state index contributed by atoms with van der Waals surface area (Å²) in [4.78, 5) is 14.6. The molecule has 1 atom stereocenters. The molecule has 1 aliphatic rings. The van der Waals surface area contributed by atoms with Gasteiger partial charge in [0.15, 0.2) is 0 Å². The van der Waals surface area contributed by atoms with Crippen molar-refractivity contribution in [2.75, 3.05) is 20.1 Å². The number of hydrogen-bond acceptors (Lipinski definition) is 3. The summed E-state index contributed by atoms with van der Waals surface area (Å²) >= 11 is 0. The predicted octanol–water partition coefficient (Wildman–Crippen LogP) is 3.12.